The van der Waals surface area contributed by atoms with E-state index in [1.165, 1.54) is 5.56 Å². The number of hydrogen-bond donors (Lipinski definition) is 2. The third-order valence-electron chi connectivity index (χ3n) is 3.81. The van der Waals surface area contributed by atoms with Gasteiger partial charge in [0.05, 0.1) is 7.11 Å². The Morgan fingerprint density at radius 2 is 1.92 bits per heavy atom. The Morgan fingerprint density at radius 3 is 2.52 bits per heavy atom. The van der Waals surface area contributed by atoms with Crippen LogP contribution < -0.4 is 10.1 Å². The number of aromatic hydroxyl groups is 1. The molecule has 5 nitrogen and oxygen atoms in total. The lowest BCUT2D eigenvalue weighted by atomic mass is 10.1. The van der Waals surface area contributed by atoms with Crippen LogP contribution >= 0.6 is 24.0 Å². The van der Waals surface area contributed by atoms with Gasteiger partial charge in [-0.2, -0.15) is 0 Å². The maximum absolute atomic E-state index is 10.0. The second kappa shape index (κ2) is 10.8. The van der Waals surface area contributed by atoms with Gasteiger partial charge in [-0.25, -0.2) is 0 Å². The van der Waals surface area contributed by atoms with Gasteiger partial charge in [0.15, 0.2) is 5.96 Å². The number of ether oxygens (including phenoxy) is 1. The minimum absolute atomic E-state index is 0. The molecular weight excluding hydrogens is 429 g/mol. The van der Waals surface area contributed by atoms with E-state index in [4.69, 9.17) is 4.74 Å². The Bertz CT molecular complexity index is 678. The molecule has 0 heterocycles. The van der Waals surface area contributed by atoms with Crippen LogP contribution in [0, 0.1) is 0 Å². The van der Waals surface area contributed by atoms with E-state index in [0.717, 1.165) is 18.1 Å². The SMILES string of the molecule is CN=C(NCCc1ccc(OC)cc1O)N(C)Cc1ccccc1.I. The average molecular weight is 455 g/mol. The number of nitrogens with zero attached hydrogens (tertiary/aromatic N) is 2. The zero-order chi connectivity index (χ0) is 17.4. The van der Waals surface area contributed by atoms with E-state index in [1.807, 2.05) is 37.4 Å². The Morgan fingerprint density at radius 1 is 1.20 bits per heavy atom. The summed E-state index contributed by atoms with van der Waals surface area (Å²) in [6, 6.07) is 15.6. The zero-order valence-corrected chi connectivity index (χ0v) is 17.2. The maximum Gasteiger partial charge on any atom is 0.193 e. The van der Waals surface area contributed by atoms with Crippen LogP contribution in [0.3, 0.4) is 0 Å². The fourth-order valence-electron chi connectivity index (χ4n) is 2.51. The lowest BCUT2D eigenvalue weighted by Gasteiger charge is -2.22. The highest BCUT2D eigenvalue weighted by atomic mass is 127. The molecule has 0 radical (unpaired) electrons. The first-order valence-corrected chi connectivity index (χ1v) is 7.95. The van der Waals surface area contributed by atoms with E-state index >= 15 is 0 Å². The summed E-state index contributed by atoms with van der Waals surface area (Å²) < 4.78 is 5.10. The minimum atomic E-state index is 0. The molecule has 0 saturated carbocycles. The number of aliphatic imine (C=N–C) groups is 1. The summed E-state index contributed by atoms with van der Waals surface area (Å²) in [4.78, 5) is 6.39. The van der Waals surface area contributed by atoms with Crippen molar-refractivity contribution < 1.29 is 9.84 Å². The third-order valence-corrected chi connectivity index (χ3v) is 3.81. The van der Waals surface area contributed by atoms with Gasteiger partial charge < -0.3 is 20.1 Å². The van der Waals surface area contributed by atoms with Crippen molar-refractivity contribution in [3.05, 3.63) is 59.7 Å². The Labute approximate surface area is 166 Å². The molecule has 2 aromatic rings. The third kappa shape index (κ3) is 6.45. The Hall–Kier alpha value is -1.96. The first-order valence-electron chi connectivity index (χ1n) is 7.95. The van der Waals surface area contributed by atoms with Crippen LogP contribution in [-0.2, 0) is 13.0 Å². The molecule has 0 bridgehead atoms. The van der Waals surface area contributed by atoms with Crippen molar-refractivity contribution in [2.24, 2.45) is 4.99 Å². The highest BCUT2D eigenvalue weighted by Crippen LogP contribution is 2.23. The van der Waals surface area contributed by atoms with Crippen LogP contribution in [0.5, 0.6) is 11.5 Å². The second-order valence-corrected chi connectivity index (χ2v) is 5.56. The molecule has 136 valence electrons. The number of hydrogen-bond acceptors (Lipinski definition) is 3. The van der Waals surface area contributed by atoms with Crippen molar-refractivity contribution in [2.75, 3.05) is 27.7 Å². The van der Waals surface area contributed by atoms with E-state index in [1.54, 1.807) is 20.2 Å². The van der Waals surface area contributed by atoms with Crippen LogP contribution in [0.1, 0.15) is 11.1 Å². The molecule has 0 saturated heterocycles. The summed E-state index contributed by atoms with van der Waals surface area (Å²) in [5.74, 6) is 1.73. The molecule has 0 aromatic heterocycles. The number of benzene rings is 2. The molecule has 2 aromatic carbocycles. The standard InChI is InChI=1S/C19H25N3O2.HI/c1-20-19(22(2)14-15-7-5-4-6-8-15)21-12-11-16-9-10-17(24-3)13-18(16)23;/h4-10,13,23H,11-12,14H2,1-3H3,(H,20,21);1H. The van der Waals surface area contributed by atoms with Crippen molar-refractivity contribution in [1.29, 1.82) is 0 Å². The maximum atomic E-state index is 10.0. The molecule has 0 aliphatic heterocycles. The number of methoxy groups -OCH3 is 1. The molecule has 0 atom stereocenters. The molecule has 2 rings (SSSR count). The number of halogens is 1. The van der Waals surface area contributed by atoms with Gasteiger partial charge in [-0.3, -0.25) is 4.99 Å². The van der Waals surface area contributed by atoms with E-state index < -0.39 is 0 Å². The largest absolute Gasteiger partial charge is 0.508 e. The summed E-state index contributed by atoms with van der Waals surface area (Å²) in [7, 11) is 5.37. The van der Waals surface area contributed by atoms with Crippen molar-refractivity contribution >= 4 is 29.9 Å². The van der Waals surface area contributed by atoms with Gasteiger partial charge in [0, 0.05) is 33.3 Å². The molecular formula is C19H26IN3O2. The molecule has 0 fully saturated rings. The van der Waals surface area contributed by atoms with Gasteiger partial charge in [-0.1, -0.05) is 36.4 Å². The van der Waals surface area contributed by atoms with E-state index in [-0.39, 0.29) is 29.7 Å². The molecule has 0 aliphatic carbocycles. The normalized spacial score (nSPS) is 10.8. The summed E-state index contributed by atoms with van der Waals surface area (Å²) in [6.07, 6.45) is 0.702. The summed E-state index contributed by atoms with van der Waals surface area (Å²) in [6.45, 7) is 1.47. The number of nitrogens with one attached hydrogen (secondary N) is 1. The highest BCUT2D eigenvalue weighted by molar-refractivity contribution is 14.0. The molecule has 0 unspecified atom stereocenters. The number of rotatable bonds is 6. The molecule has 2 N–H and O–H groups in total. The zero-order valence-electron chi connectivity index (χ0n) is 14.9. The van der Waals surface area contributed by atoms with Crippen LogP contribution in [-0.4, -0.2) is 43.7 Å². The van der Waals surface area contributed by atoms with Gasteiger partial charge in [-0.05, 0) is 23.6 Å². The van der Waals surface area contributed by atoms with Gasteiger partial charge in [0.1, 0.15) is 11.5 Å². The van der Waals surface area contributed by atoms with Crippen LogP contribution in [0.2, 0.25) is 0 Å². The first-order chi connectivity index (χ1) is 11.6. The second-order valence-electron chi connectivity index (χ2n) is 5.56. The summed E-state index contributed by atoms with van der Waals surface area (Å²) >= 11 is 0. The quantitative estimate of drug-likeness (QED) is 0.399. The molecule has 6 heteroatoms. The van der Waals surface area contributed by atoms with E-state index in [9.17, 15) is 5.11 Å². The number of phenolic OH excluding ortho intramolecular Hbond substituents is 1. The predicted octanol–water partition coefficient (Wildman–Crippen LogP) is 3.27. The van der Waals surface area contributed by atoms with Crippen LogP contribution in [0.4, 0.5) is 0 Å². The first kappa shape index (κ1) is 21.1. The minimum Gasteiger partial charge on any atom is -0.508 e. The molecule has 0 spiro atoms. The highest BCUT2D eigenvalue weighted by Gasteiger charge is 2.07. The fraction of sp³-hybridized carbons (Fsp3) is 0.316. The van der Waals surface area contributed by atoms with Gasteiger partial charge >= 0.3 is 0 Å². The van der Waals surface area contributed by atoms with Crippen LogP contribution in [0.15, 0.2) is 53.5 Å². The van der Waals surface area contributed by atoms with Crippen molar-refractivity contribution in [2.45, 2.75) is 13.0 Å². The van der Waals surface area contributed by atoms with Gasteiger partial charge in [-0.15, -0.1) is 24.0 Å². The lowest BCUT2D eigenvalue weighted by Crippen LogP contribution is -2.39. The molecule has 0 aliphatic rings. The predicted molar refractivity (Wildman–Crippen MR) is 113 cm³/mol. The van der Waals surface area contributed by atoms with Gasteiger partial charge in [0.25, 0.3) is 0 Å². The smallest absolute Gasteiger partial charge is 0.193 e. The summed E-state index contributed by atoms with van der Waals surface area (Å²) in [5.41, 5.74) is 2.11. The average Bonchev–Trinajstić information content (AvgIpc) is 2.60. The van der Waals surface area contributed by atoms with Crippen molar-refractivity contribution in [3.8, 4) is 11.5 Å². The fourth-order valence-corrected chi connectivity index (χ4v) is 2.51. The summed E-state index contributed by atoms with van der Waals surface area (Å²) in [5, 5.41) is 13.3. The van der Waals surface area contributed by atoms with Crippen LogP contribution in [0.25, 0.3) is 0 Å². The number of phenols is 1. The molecule has 0 amide bonds. The molecule has 25 heavy (non-hydrogen) atoms. The lowest BCUT2D eigenvalue weighted by molar-refractivity contribution is 0.406. The van der Waals surface area contributed by atoms with E-state index in [2.05, 4.69) is 27.3 Å². The monoisotopic (exact) mass is 455 g/mol. The topological polar surface area (TPSA) is 57.1 Å². The van der Waals surface area contributed by atoms with Crippen molar-refractivity contribution in [1.82, 2.24) is 10.2 Å². The van der Waals surface area contributed by atoms with E-state index in [0.29, 0.717) is 18.7 Å². The van der Waals surface area contributed by atoms with Crippen molar-refractivity contribution in [3.63, 3.8) is 0 Å². The Kier molecular flexibility index (Phi) is 9.12. The Balaban J connectivity index is 0.00000312. The van der Waals surface area contributed by atoms with Gasteiger partial charge in [0.2, 0.25) is 0 Å². The number of guanidine groups is 1.